The number of rotatable bonds is 22. The Morgan fingerprint density at radius 2 is 1.12 bits per heavy atom. The molecule has 32 heteroatoms. The zero-order chi connectivity index (χ0) is 58.7. The minimum Gasteiger partial charge on any atom is -0.390 e. The van der Waals surface area contributed by atoms with Gasteiger partial charge in [0.1, 0.15) is 47.9 Å². The zero-order valence-corrected chi connectivity index (χ0v) is 46.4. The molecule has 2 saturated carbocycles. The van der Waals surface area contributed by atoms with E-state index in [0.717, 1.165) is 10.8 Å². The van der Waals surface area contributed by atoms with E-state index in [4.69, 9.17) is 23.9 Å². The minimum atomic E-state index is -4.22. The van der Waals surface area contributed by atoms with Gasteiger partial charge in [0.25, 0.3) is 0 Å². The predicted octanol–water partition coefficient (Wildman–Crippen LogP) is 1.02. The summed E-state index contributed by atoms with van der Waals surface area (Å²) in [5.74, 6) is -2.65. The SMILES string of the molecule is C=CS(=O)(=O)c1cccc(Cn2ccc(C(=O)c3cncnc3N[C@@H]3C[C@H](COS(N)(=O)=O)[C@@H](O)[C@H]3O)n2)c1.C=CS(=O)(=O)c1cccc(Cn2ccc(C(=O)c3cncnc3N[C@@H]3C[C@H](COS(N)(=O)=O)[C@H]4OC(C)(C)O[C@H]43)n2)c1. The van der Waals surface area contributed by atoms with Crippen LogP contribution in [0.5, 0.6) is 0 Å². The van der Waals surface area contributed by atoms with Crippen LogP contribution in [0.2, 0.25) is 0 Å². The van der Waals surface area contributed by atoms with E-state index in [1.807, 2.05) is 0 Å². The Kier molecular flexibility index (Phi) is 17.9. The monoisotopic (exact) mass is 1200 g/mol. The molecular formula is C49H56N12O16S4. The molecule has 8 N–H and O–H groups in total. The van der Waals surface area contributed by atoms with E-state index in [2.05, 4.69) is 58.1 Å². The van der Waals surface area contributed by atoms with Gasteiger partial charge in [-0.15, -0.1) is 0 Å². The maximum atomic E-state index is 13.5. The first-order chi connectivity index (χ1) is 38.1. The van der Waals surface area contributed by atoms with E-state index in [0.29, 0.717) is 17.5 Å². The van der Waals surface area contributed by atoms with Crippen LogP contribution in [0.25, 0.3) is 0 Å². The molecule has 6 aromatic rings. The van der Waals surface area contributed by atoms with Gasteiger partial charge in [-0.3, -0.25) is 27.3 Å². The summed E-state index contributed by atoms with van der Waals surface area (Å²) in [6, 6.07) is 14.5. The summed E-state index contributed by atoms with van der Waals surface area (Å²) >= 11 is 0. The van der Waals surface area contributed by atoms with Gasteiger partial charge in [-0.1, -0.05) is 37.4 Å². The van der Waals surface area contributed by atoms with Crippen molar-refractivity contribution in [1.29, 1.82) is 0 Å². The molecule has 2 aromatic carbocycles. The van der Waals surface area contributed by atoms with Crippen LogP contribution in [-0.2, 0) is 71.2 Å². The highest BCUT2D eigenvalue weighted by atomic mass is 32.2. The number of ether oxygens (including phenoxy) is 2. The summed E-state index contributed by atoms with van der Waals surface area (Å²) in [7, 11) is -15.6. The number of sulfone groups is 2. The van der Waals surface area contributed by atoms with Gasteiger partial charge >= 0.3 is 20.6 Å². The molecule has 1 aliphatic heterocycles. The summed E-state index contributed by atoms with van der Waals surface area (Å²) in [6.07, 6.45) is 5.25. The fourth-order valence-corrected chi connectivity index (χ4v) is 11.7. The standard InChI is InChI=1S/C26H30N6O8S2.C23H26N6O8S2/c1-4-41(34,35)18-7-5-6-16(10-18)13-32-9-8-20(31-32)22(33)19-12-28-15-29-25(19)30-21-11-17(14-38-42(27,36)37)23-24(21)40-26(2,3)39-23;1-2-38(33,34)16-5-3-4-14(8-16)11-29-7-6-18(28-29)21(31)17-10-25-13-26-23(17)27-19-9-15(20(30)22(19)32)12-37-39(24,35)36/h4-10,12,15,17,21,23-24H,1,11,13-14H2,2-3H3,(H2,27,36,37)(H,28,29,30);2-8,10,13,15,19-20,22,30,32H,1,9,11-12H2,(H2,24,35,36)(H,25,26,27)/t17-,21-,23-,24+;15-,19-,20-,22+/m11/s1. The van der Waals surface area contributed by atoms with Crippen LogP contribution in [-0.4, -0.2) is 150 Å². The molecule has 0 spiro atoms. The number of aliphatic hydroxyl groups excluding tert-OH is 2. The molecule has 1 saturated heterocycles. The summed E-state index contributed by atoms with van der Waals surface area (Å²) in [5, 5.41) is 47.2. The lowest BCUT2D eigenvalue weighted by molar-refractivity contribution is -0.158. The quantitative estimate of drug-likeness (QED) is 0.0517. The lowest BCUT2D eigenvalue weighted by atomic mass is 10.1. The van der Waals surface area contributed by atoms with Gasteiger partial charge in [0.15, 0.2) is 25.5 Å². The van der Waals surface area contributed by atoms with E-state index in [1.165, 1.54) is 64.7 Å². The van der Waals surface area contributed by atoms with Gasteiger partial charge < -0.3 is 30.3 Å². The maximum absolute atomic E-state index is 13.5. The van der Waals surface area contributed by atoms with E-state index >= 15 is 0 Å². The maximum Gasteiger partial charge on any atom is 0.333 e. The van der Waals surface area contributed by atoms with Crippen LogP contribution in [0, 0.1) is 11.8 Å². The smallest absolute Gasteiger partial charge is 0.333 e. The van der Waals surface area contributed by atoms with Crippen LogP contribution < -0.4 is 20.9 Å². The molecule has 3 aliphatic rings. The second-order valence-corrected chi connectivity index (χ2v) is 25.6. The van der Waals surface area contributed by atoms with Crippen molar-refractivity contribution in [3.05, 3.63) is 156 Å². The highest BCUT2D eigenvalue weighted by molar-refractivity contribution is 7.94. The molecule has 0 radical (unpaired) electrons. The molecule has 0 unspecified atom stereocenters. The van der Waals surface area contributed by atoms with Gasteiger partial charge in [-0.05, 0) is 74.2 Å². The number of benzene rings is 2. The number of carbonyl (C=O) groups excluding carboxylic acids is 2. The normalized spacial score (nSPS) is 22.5. The van der Waals surface area contributed by atoms with Crippen molar-refractivity contribution in [2.45, 2.75) is 91.9 Å². The average molecular weight is 1200 g/mol. The third-order valence-corrected chi connectivity index (χ3v) is 16.8. The molecule has 4 aromatic heterocycles. The Labute approximate surface area is 465 Å². The number of aromatic nitrogens is 8. The fourth-order valence-electron chi connectivity index (χ4n) is 9.39. The first-order valence-electron chi connectivity index (χ1n) is 24.4. The van der Waals surface area contributed by atoms with Crippen molar-refractivity contribution in [1.82, 2.24) is 39.5 Å². The molecule has 3 fully saturated rings. The lowest BCUT2D eigenvalue weighted by Crippen LogP contribution is -2.36. The highest BCUT2D eigenvalue weighted by Crippen LogP contribution is 2.43. The minimum absolute atomic E-state index is 0.0488. The van der Waals surface area contributed by atoms with E-state index in [1.54, 1.807) is 56.6 Å². The van der Waals surface area contributed by atoms with Gasteiger partial charge in [0.2, 0.25) is 11.6 Å². The van der Waals surface area contributed by atoms with E-state index in [9.17, 15) is 53.5 Å². The van der Waals surface area contributed by atoms with Crippen molar-refractivity contribution < 1.29 is 71.3 Å². The molecule has 81 heavy (non-hydrogen) atoms. The van der Waals surface area contributed by atoms with Crippen molar-refractivity contribution >= 4 is 63.5 Å². The van der Waals surface area contributed by atoms with Crippen LogP contribution in [0.15, 0.2) is 132 Å². The second kappa shape index (κ2) is 24.2. The van der Waals surface area contributed by atoms with Crippen LogP contribution in [0.1, 0.15) is 69.9 Å². The van der Waals surface area contributed by atoms with Crippen molar-refractivity contribution in [3.8, 4) is 0 Å². The first-order valence-corrected chi connectivity index (χ1v) is 30.4. The molecule has 2 aliphatic carbocycles. The molecule has 0 amide bonds. The largest absolute Gasteiger partial charge is 0.390 e. The van der Waals surface area contributed by atoms with Gasteiger partial charge in [0, 0.05) is 47.4 Å². The number of hydrogen-bond donors (Lipinski definition) is 6. The average Bonchev–Trinajstić information content (AvgIpc) is 4.45. The summed E-state index contributed by atoms with van der Waals surface area (Å²) in [4.78, 5) is 43.2. The van der Waals surface area contributed by atoms with Gasteiger partial charge in [-0.25, -0.2) is 47.0 Å². The number of nitrogens with one attached hydrogen (secondary N) is 2. The van der Waals surface area contributed by atoms with Crippen LogP contribution in [0.3, 0.4) is 0 Å². The topological polar surface area (TPSA) is 411 Å². The molecule has 28 nitrogen and oxygen atoms in total. The van der Waals surface area contributed by atoms with Crippen molar-refractivity contribution in [2.24, 2.45) is 22.1 Å². The number of aliphatic hydroxyl groups is 2. The third-order valence-electron chi connectivity index (χ3n) is 13.2. The van der Waals surface area contributed by atoms with E-state index < -0.39 is 107 Å². The molecular weight excluding hydrogens is 1140 g/mol. The Hall–Kier alpha value is -7.08. The Morgan fingerprint density at radius 1 is 0.679 bits per heavy atom. The van der Waals surface area contributed by atoms with Gasteiger partial charge in [0.05, 0.1) is 71.5 Å². The van der Waals surface area contributed by atoms with Crippen LogP contribution >= 0.6 is 0 Å². The predicted molar refractivity (Wildman–Crippen MR) is 286 cm³/mol. The molecule has 0 bridgehead atoms. The number of nitrogens with two attached hydrogens (primary N) is 2. The van der Waals surface area contributed by atoms with Crippen molar-refractivity contribution in [3.63, 3.8) is 0 Å². The second-order valence-electron chi connectivity index (χ2n) is 19.3. The number of hydrogen-bond acceptors (Lipinski definition) is 24. The zero-order valence-electron chi connectivity index (χ0n) is 43.1. The summed E-state index contributed by atoms with van der Waals surface area (Å²) in [6.45, 7) is 9.99. The Morgan fingerprint density at radius 3 is 1.59 bits per heavy atom. The van der Waals surface area contributed by atoms with E-state index in [-0.39, 0.29) is 76.0 Å². The Bertz CT molecular complexity index is 3800. The molecule has 9 rings (SSSR count). The number of ketones is 2. The first kappa shape index (κ1) is 60.0. The number of nitrogens with zero attached hydrogens (tertiary/aromatic N) is 8. The molecule has 432 valence electrons. The fraction of sp³-hybridized carbons (Fsp3) is 0.347. The van der Waals surface area contributed by atoms with Crippen molar-refractivity contribution in [2.75, 3.05) is 23.8 Å². The highest BCUT2D eigenvalue weighted by Gasteiger charge is 2.54. The summed E-state index contributed by atoms with van der Waals surface area (Å²) in [5.41, 5.74) is 1.72. The molecule has 8 atom stereocenters. The Balaban J connectivity index is 0.000000213. The summed E-state index contributed by atoms with van der Waals surface area (Å²) < 4.78 is 118. The number of carbonyl (C=O) groups is 2. The third kappa shape index (κ3) is 14.9. The van der Waals surface area contributed by atoms with Gasteiger partial charge in [-0.2, -0.15) is 27.0 Å². The lowest BCUT2D eigenvalue weighted by Gasteiger charge is -2.24. The van der Waals surface area contributed by atoms with Crippen LogP contribution in [0.4, 0.5) is 11.6 Å². The number of fused-ring (bicyclic) bond motifs is 1. The molecule has 5 heterocycles. The number of anilines is 2.